The number of urea groups is 1. The summed E-state index contributed by atoms with van der Waals surface area (Å²) in [5.41, 5.74) is 1.01. The van der Waals surface area contributed by atoms with Crippen LogP contribution in [0.3, 0.4) is 0 Å². The fraction of sp³-hybridized carbons (Fsp3) is 0.417. The monoisotopic (exact) mass is 249 g/mol. The number of carboxylic acids is 1. The highest BCUT2D eigenvalue weighted by Gasteiger charge is 2.28. The molecule has 1 fully saturated rings. The number of nitrogens with one attached hydrogen (secondary N) is 1. The molecule has 0 bridgehead atoms. The van der Waals surface area contributed by atoms with E-state index in [1.165, 1.54) is 0 Å². The first kappa shape index (κ1) is 12.3. The second-order valence-corrected chi connectivity index (χ2v) is 4.31. The summed E-state index contributed by atoms with van der Waals surface area (Å²) < 4.78 is 0. The van der Waals surface area contributed by atoms with Gasteiger partial charge in [-0.15, -0.1) is 0 Å². The van der Waals surface area contributed by atoms with Gasteiger partial charge in [0.25, 0.3) is 0 Å². The molecule has 6 nitrogen and oxygen atoms in total. The molecule has 2 N–H and O–H groups in total. The average Bonchev–Trinajstić information content (AvgIpc) is 2.69. The number of carbonyl (C=O) groups is 2. The topological polar surface area (TPSA) is 82.5 Å². The largest absolute Gasteiger partial charge is 0.481 e. The Morgan fingerprint density at radius 2 is 2.22 bits per heavy atom. The molecule has 2 heterocycles. The van der Waals surface area contributed by atoms with E-state index in [0.29, 0.717) is 19.5 Å². The molecule has 0 saturated carbocycles. The Labute approximate surface area is 105 Å². The number of pyridine rings is 1. The normalized spacial score (nSPS) is 18.8. The summed E-state index contributed by atoms with van der Waals surface area (Å²) in [6.07, 6.45) is 3.92. The first-order valence-electron chi connectivity index (χ1n) is 5.81. The zero-order chi connectivity index (χ0) is 13.0. The molecular weight excluding hydrogens is 234 g/mol. The lowest BCUT2D eigenvalue weighted by atomic mass is 10.1. The summed E-state index contributed by atoms with van der Waals surface area (Å²) in [6.45, 7) is 1.08. The van der Waals surface area contributed by atoms with E-state index in [9.17, 15) is 9.59 Å². The average molecular weight is 249 g/mol. The van der Waals surface area contributed by atoms with Crippen molar-refractivity contribution in [1.82, 2.24) is 15.2 Å². The molecule has 1 aliphatic heterocycles. The number of amides is 2. The number of aliphatic carboxylic acids is 1. The lowest BCUT2D eigenvalue weighted by Gasteiger charge is -2.14. The number of nitrogens with zero attached hydrogens (tertiary/aromatic N) is 2. The van der Waals surface area contributed by atoms with Gasteiger partial charge in [0, 0.05) is 37.9 Å². The second kappa shape index (κ2) is 5.48. The van der Waals surface area contributed by atoms with Crippen molar-refractivity contribution < 1.29 is 14.7 Å². The van der Waals surface area contributed by atoms with E-state index < -0.39 is 5.97 Å². The number of hydrogen-bond donors (Lipinski definition) is 2. The van der Waals surface area contributed by atoms with Crippen LogP contribution in [0, 0.1) is 0 Å². The first-order valence-corrected chi connectivity index (χ1v) is 5.81. The van der Waals surface area contributed by atoms with Crippen LogP contribution in [0.1, 0.15) is 18.4 Å². The summed E-state index contributed by atoms with van der Waals surface area (Å²) in [5, 5.41) is 11.4. The molecule has 1 atom stereocenters. The van der Waals surface area contributed by atoms with Crippen molar-refractivity contribution >= 4 is 12.0 Å². The Hall–Kier alpha value is -2.11. The van der Waals surface area contributed by atoms with E-state index in [-0.39, 0.29) is 18.5 Å². The molecule has 0 spiro atoms. The number of rotatable bonds is 5. The van der Waals surface area contributed by atoms with Crippen LogP contribution < -0.4 is 5.32 Å². The smallest absolute Gasteiger partial charge is 0.318 e. The van der Waals surface area contributed by atoms with Crippen LogP contribution in [0.5, 0.6) is 0 Å². The van der Waals surface area contributed by atoms with Gasteiger partial charge in [-0.3, -0.25) is 9.78 Å². The van der Waals surface area contributed by atoms with Crippen molar-refractivity contribution in [2.75, 3.05) is 6.54 Å². The minimum absolute atomic E-state index is 0.0737. The molecule has 1 aromatic rings. The van der Waals surface area contributed by atoms with E-state index in [1.54, 1.807) is 17.3 Å². The minimum Gasteiger partial charge on any atom is -0.481 e. The van der Waals surface area contributed by atoms with Gasteiger partial charge in [-0.05, 0) is 24.1 Å². The number of carbonyl (C=O) groups excluding carboxylic acids is 1. The SMILES string of the molecule is O=C(O)CCC1CN(Cc2ccncc2)C(=O)N1. The molecule has 6 heteroatoms. The quantitative estimate of drug-likeness (QED) is 0.810. The van der Waals surface area contributed by atoms with Gasteiger partial charge in [0.15, 0.2) is 0 Å². The van der Waals surface area contributed by atoms with Crippen molar-refractivity contribution in [3.63, 3.8) is 0 Å². The van der Waals surface area contributed by atoms with Crippen LogP contribution in [0.2, 0.25) is 0 Å². The molecule has 1 aromatic heterocycles. The molecule has 1 saturated heterocycles. The summed E-state index contributed by atoms with van der Waals surface area (Å²) in [4.78, 5) is 27.8. The standard InChI is InChI=1S/C12H15N3O3/c16-11(17)2-1-10-8-15(12(18)14-10)7-9-3-5-13-6-4-9/h3-6,10H,1-2,7-8H2,(H,14,18)(H,16,17). The van der Waals surface area contributed by atoms with Crippen molar-refractivity contribution in [1.29, 1.82) is 0 Å². The van der Waals surface area contributed by atoms with Crippen molar-refractivity contribution in [2.45, 2.75) is 25.4 Å². The van der Waals surface area contributed by atoms with Crippen LogP contribution >= 0.6 is 0 Å². The van der Waals surface area contributed by atoms with E-state index in [1.807, 2.05) is 12.1 Å². The zero-order valence-corrected chi connectivity index (χ0v) is 9.87. The Morgan fingerprint density at radius 1 is 1.50 bits per heavy atom. The predicted octanol–water partition coefficient (Wildman–Crippen LogP) is 0.840. The molecule has 1 aliphatic rings. The maximum Gasteiger partial charge on any atom is 0.318 e. The van der Waals surface area contributed by atoms with E-state index in [4.69, 9.17) is 5.11 Å². The van der Waals surface area contributed by atoms with Crippen LogP contribution in [0.25, 0.3) is 0 Å². The van der Waals surface area contributed by atoms with Gasteiger partial charge in [0.05, 0.1) is 0 Å². The highest BCUT2D eigenvalue weighted by Crippen LogP contribution is 2.12. The zero-order valence-electron chi connectivity index (χ0n) is 9.87. The molecule has 96 valence electrons. The van der Waals surface area contributed by atoms with Gasteiger partial charge < -0.3 is 15.3 Å². The van der Waals surface area contributed by atoms with Gasteiger partial charge >= 0.3 is 12.0 Å². The molecular formula is C12H15N3O3. The lowest BCUT2D eigenvalue weighted by molar-refractivity contribution is -0.137. The Bertz CT molecular complexity index is 435. The van der Waals surface area contributed by atoms with Gasteiger partial charge in [-0.2, -0.15) is 0 Å². The minimum atomic E-state index is -0.836. The fourth-order valence-electron chi connectivity index (χ4n) is 1.97. The van der Waals surface area contributed by atoms with Crippen LogP contribution in [-0.4, -0.2) is 39.6 Å². The molecule has 0 aliphatic carbocycles. The third-order valence-corrected chi connectivity index (χ3v) is 2.89. The van der Waals surface area contributed by atoms with Gasteiger partial charge in [-0.1, -0.05) is 0 Å². The van der Waals surface area contributed by atoms with Gasteiger partial charge in [-0.25, -0.2) is 4.79 Å². The van der Waals surface area contributed by atoms with E-state index >= 15 is 0 Å². The van der Waals surface area contributed by atoms with Crippen molar-refractivity contribution in [2.24, 2.45) is 0 Å². The predicted molar refractivity (Wildman–Crippen MR) is 63.8 cm³/mol. The summed E-state index contributed by atoms with van der Waals surface area (Å²) >= 11 is 0. The van der Waals surface area contributed by atoms with E-state index in [2.05, 4.69) is 10.3 Å². The van der Waals surface area contributed by atoms with E-state index in [0.717, 1.165) is 5.56 Å². The van der Waals surface area contributed by atoms with Crippen LogP contribution in [-0.2, 0) is 11.3 Å². The molecule has 18 heavy (non-hydrogen) atoms. The van der Waals surface area contributed by atoms with Crippen LogP contribution in [0.4, 0.5) is 4.79 Å². The second-order valence-electron chi connectivity index (χ2n) is 4.31. The molecule has 0 radical (unpaired) electrons. The fourth-order valence-corrected chi connectivity index (χ4v) is 1.97. The molecule has 1 unspecified atom stereocenters. The number of carboxylic acid groups (broad SMARTS) is 1. The highest BCUT2D eigenvalue weighted by molar-refractivity contribution is 5.77. The summed E-state index contributed by atoms with van der Waals surface area (Å²) in [6, 6.07) is 3.51. The van der Waals surface area contributed by atoms with Gasteiger partial charge in [0.2, 0.25) is 0 Å². The number of aromatic nitrogens is 1. The van der Waals surface area contributed by atoms with Crippen LogP contribution in [0.15, 0.2) is 24.5 Å². The maximum absolute atomic E-state index is 11.7. The Morgan fingerprint density at radius 3 is 2.89 bits per heavy atom. The Kier molecular flexibility index (Phi) is 3.76. The third kappa shape index (κ3) is 3.19. The molecule has 2 amide bonds. The number of hydrogen-bond acceptors (Lipinski definition) is 3. The highest BCUT2D eigenvalue weighted by atomic mass is 16.4. The summed E-state index contributed by atoms with van der Waals surface area (Å²) in [7, 11) is 0. The molecule has 0 aromatic carbocycles. The molecule has 2 rings (SSSR count). The third-order valence-electron chi connectivity index (χ3n) is 2.89. The Balaban J connectivity index is 1.87. The maximum atomic E-state index is 11.7. The summed E-state index contributed by atoms with van der Waals surface area (Å²) in [5.74, 6) is -0.836. The van der Waals surface area contributed by atoms with Crippen molar-refractivity contribution in [3.8, 4) is 0 Å². The lowest BCUT2D eigenvalue weighted by Crippen LogP contribution is -2.28. The first-order chi connectivity index (χ1) is 8.65. The van der Waals surface area contributed by atoms with Crippen molar-refractivity contribution in [3.05, 3.63) is 30.1 Å². The van der Waals surface area contributed by atoms with Gasteiger partial charge in [0.1, 0.15) is 0 Å².